The molecule has 2 aliphatic rings. The number of imide groups is 1. The smallest absolute Gasteiger partial charge is 0.278 e. The Labute approximate surface area is 181 Å². The first kappa shape index (κ1) is 20.8. The summed E-state index contributed by atoms with van der Waals surface area (Å²) in [6.07, 6.45) is 0.756. The number of rotatable bonds is 7. The van der Waals surface area contributed by atoms with Gasteiger partial charge in [0.1, 0.15) is 5.70 Å². The van der Waals surface area contributed by atoms with Crippen LogP contribution in [0, 0.1) is 13.8 Å². The topological polar surface area (TPSA) is 61.9 Å². The fraction of sp³-hybridized carbons (Fsp3) is 0.391. The molecule has 0 radical (unpaired) electrons. The van der Waals surface area contributed by atoms with Gasteiger partial charge in [-0.2, -0.15) is 0 Å². The molecule has 30 heavy (non-hydrogen) atoms. The van der Waals surface area contributed by atoms with Crippen molar-refractivity contribution in [1.29, 1.82) is 0 Å². The van der Waals surface area contributed by atoms with Crippen molar-refractivity contribution in [3.8, 4) is 0 Å². The van der Waals surface area contributed by atoms with Gasteiger partial charge in [-0.3, -0.25) is 19.4 Å². The number of ether oxygens (including phenoxy) is 1. The summed E-state index contributed by atoms with van der Waals surface area (Å²) in [6.45, 7) is 8.61. The fourth-order valence-corrected chi connectivity index (χ4v) is 4.68. The summed E-state index contributed by atoms with van der Waals surface area (Å²) < 4.78 is 5.38. The Morgan fingerprint density at radius 1 is 1.07 bits per heavy atom. The van der Waals surface area contributed by atoms with Crippen LogP contribution in [0.5, 0.6) is 0 Å². The molecule has 0 atom stereocenters. The second kappa shape index (κ2) is 9.12. The first-order valence-electron chi connectivity index (χ1n) is 10.3. The number of carbonyl (C=O) groups is 2. The van der Waals surface area contributed by atoms with E-state index in [0.717, 1.165) is 61.0 Å². The lowest BCUT2D eigenvalue weighted by molar-refractivity contribution is -0.136. The minimum atomic E-state index is -0.245. The molecule has 0 aliphatic carbocycles. The van der Waals surface area contributed by atoms with Crippen LogP contribution in [0.15, 0.2) is 41.4 Å². The van der Waals surface area contributed by atoms with Crippen LogP contribution in [0.2, 0.25) is 0 Å². The molecule has 2 amide bonds. The maximum Gasteiger partial charge on any atom is 0.278 e. The van der Waals surface area contributed by atoms with Crippen LogP contribution < -0.4 is 5.32 Å². The summed E-state index contributed by atoms with van der Waals surface area (Å²) in [5.74, 6) is -0.456. The molecule has 0 unspecified atom stereocenters. The van der Waals surface area contributed by atoms with Crippen LogP contribution in [-0.4, -0.2) is 61.0 Å². The van der Waals surface area contributed by atoms with Crippen molar-refractivity contribution in [3.63, 3.8) is 0 Å². The molecule has 1 aromatic carbocycles. The number of nitrogens with one attached hydrogen (secondary N) is 1. The largest absolute Gasteiger partial charge is 0.379 e. The lowest BCUT2D eigenvalue weighted by Gasteiger charge is -2.27. The van der Waals surface area contributed by atoms with Gasteiger partial charge in [-0.05, 0) is 43.3 Å². The maximum atomic E-state index is 13.2. The van der Waals surface area contributed by atoms with Crippen LogP contribution in [-0.2, 0) is 14.3 Å². The van der Waals surface area contributed by atoms with Crippen LogP contribution in [0.4, 0.5) is 5.69 Å². The van der Waals surface area contributed by atoms with Gasteiger partial charge in [-0.25, -0.2) is 0 Å². The molecule has 2 aromatic rings. The zero-order chi connectivity index (χ0) is 21.1. The molecule has 1 aromatic heterocycles. The van der Waals surface area contributed by atoms with E-state index < -0.39 is 0 Å². The van der Waals surface area contributed by atoms with Crippen molar-refractivity contribution in [2.24, 2.45) is 0 Å². The van der Waals surface area contributed by atoms with E-state index in [1.54, 1.807) is 0 Å². The van der Waals surface area contributed by atoms with Crippen LogP contribution in [0.25, 0.3) is 5.57 Å². The van der Waals surface area contributed by atoms with Gasteiger partial charge in [0, 0.05) is 36.7 Å². The molecular formula is C23H27N3O3S. The molecular weight excluding hydrogens is 398 g/mol. The molecule has 3 heterocycles. The average Bonchev–Trinajstić information content (AvgIpc) is 3.33. The number of benzene rings is 1. The zero-order valence-corrected chi connectivity index (χ0v) is 18.3. The molecule has 0 spiro atoms. The molecule has 2 aliphatic heterocycles. The van der Waals surface area contributed by atoms with Gasteiger partial charge < -0.3 is 10.1 Å². The van der Waals surface area contributed by atoms with E-state index in [2.05, 4.69) is 16.3 Å². The molecule has 1 fully saturated rings. The normalized spacial score (nSPS) is 17.9. The van der Waals surface area contributed by atoms with E-state index in [1.807, 2.05) is 43.5 Å². The highest BCUT2D eigenvalue weighted by molar-refractivity contribution is 7.11. The third-order valence-electron chi connectivity index (χ3n) is 5.54. The standard InChI is InChI=1S/C23H27N3O3S/c1-16-6-7-18(17(2)15-16)24-21-20(19-5-3-14-30-19)22(27)26(23(21)28)9-4-8-25-10-12-29-13-11-25/h3,5-7,14-15,24H,4,8-13H2,1-2H3. The number of nitrogens with zero attached hydrogens (tertiary/aromatic N) is 2. The van der Waals surface area contributed by atoms with Crippen molar-refractivity contribution < 1.29 is 14.3 Å². The van der Waals surface area contributed by atoms with Crippen molar-refractivity contribution in [3.05, 3.63) is 57.4 Å². The molecule has 0 saturated carbocycles. The average molecular weight is 426 g/mol. The van der Waals surface area contributed by atoms with Gasteiger partial charge in [0.2, 0.25) is 0 Å². The fourth-order valence-electron chi connectivity index (χ4n) is 3.91. The summed E-state index contributed by atoms with van der Waals surface area (Å²) in [5, 5.41) is 5.20. The number of morpholine rings is 1. The molecule has 0 bridgehead atoms. The highest BCUT2D eigenvalue weighted by atomic mass is 32.1. The summed E-state index contributed by atoms with van der Waals surface area (Å²) >= 11 is 1.48. The SMILES string of the molecule is Cc1ccc(NC2=C(c3cccs3)C(=O)N(CCCN3CCOCC3)C2=O)c(C)c1. The van der Waals surface area contributed by atoms with E-state index in [9.17, 15) is 9.59 Å². The molecule has 1 N–H and O–H groups in total. The van der Waals surface area contributed by atoms with Crippen LogP contribution in [0.1, 0.15) is 22.4 Å². The first-order valence-corrected chi connectivity index (χ1v) is 11.2. The molecule has 7 heteroatoms. The molecule has 4 rings (SSSR count). The van der Waals surface area contributed by atoms with Gasteiger partial charge in [-0.15, -0.1) is 11.3 Å². The van der Waals surface area contributed by atoms with E-state index >= 15 is 0 Å². The van der Waals surface area contributed by atoms with E-state index in [0.29, 0.717) is 17.8 Å². The lowest BCUT2D eigenvalue weighted by Crippen LogP contribution is -2.39. The third-order valence-corrected chi connectivity index (χ3v) is 6.42. The summed E-state index contributed by atoms with van der Waals surface area (Å²) in [6, 6.07) is 9.83. The predicted octanol–water partition coefficient (Wildman–Crippen LogP) is 3.28. The van der Waals surface area contributed by atoms with Gasteiger partial charge in [0.25, 0.3) is 11.8 Å². The summed E-state index contributed by atoms with van der Waals surface area (Å²) in [4.78, 5) is 31.0. The van der Waals surface area contributed by atoms with Crippen molar-refractivity contribution in [2.75, 3.05) is 44.7 Å². The van der Waals surface area contributed by atoms with Crippen molar-refractivity contribution in [1.82, 2.24) is 9.80 Å². The molecule has 158 valence electrons. The van der Waals surface area contributed by atoms with Crippen molar-refractivity contribution >= 4 is 34.4 Å². The van der Waals surface area contributed by atoms with Gasteiger partial charge in [0.05, 0.1) is 18.8 Å². The van der Waals surface area contributed by atoms with E-state index in [-0.39, 0.29) is 11.8 Å². The Morgan fingerprint density at radius 2 is 1.87 bits per heavy atom. The number of thiophene rings is 1. The highest BCUT2D eigenvalue weighted by Crippen LogP contribution is 2.33. The lowest BCUT2D eigenvalue weighted by atomic mass is 10.1. The first-order chi connectivity index (χ1) is 14.5. The Bertz CT molecular complexity index is 962. The Morgan fingerprint density at radius 3 is 2.57 bits per heavy atom. The number of hydrogen-bond acceptors (Lipinski definition) is 6. The summed E-state index contributed by atoms with van der Waals surface area (Å²) in [7, 11) is 0. The van der Waals surface area contributed by atoms with Crippen molar-refractivity contribution in [2.45, 2.75) is 20.3 Å². The molecule has 1 saturated heterocycles. The highest BCUT2D eigenvalue weighted by Gasteiger charge is 2.39. The zero-order valence-electron chi connectivity index (χ0n) is 17.4. The second-order valence-corrected chi connectivity index (χ2v) is 8.69. The number of hydrogen-bond donors (Lipinski definition) is 1. The number of carbonyl (C=O) groups excluding carboxylic acids is 2. The number of anilines is 1. The third kappa shape index (κ3) is 4.33. The Kier molecular flexibility index (Phi) is 6.32. The van der Waals surface area contributed by atoms with Gasteiger partial charge >= 0.3 is 0 Å². The quantitative estimate of drug-likeness (QED) is 0.690. The minimum Gasteiger partial charge on any atom is -0.379 e. The van der Waals surface area contributed by atoms with Crippen LogP contribution in [0.3, 0.4) is 0 Å². The van der Waals surface area contributed by atoms with E-state index in [4.69, 9.17) is 4.74 Å². The Hall–Kier alpha value is -2.48. The summed E-state index contributed by atoms with van der Waals surface area (Å²) in [5.41, 5.74) is 3.89. The van der Waals surface area contributed by atoms with E-state index in [1.165, 1.54) is 16.2 Å². The second-order valence-electron chi connectivity index (χ2n) is 7.74. The maximum absolute atomic E-state index is 13.2. The number of amides is 2. The van der Waals surface area contributed by atoms with Gasteiger partial charge in [0.15, 0.2) is 0 Å². The monoisotopic (exact) mass is 425 g/mol. The predicted molar refractivity (Wildman–Crippen MR) is 119 cm³/mol. The number of aryl methyl sites for hydroxylation is 2. The van der Waals surface area contributed by atoms with Gasteiger partial charge in [-0.1, -0.05) is 23.8 Å². The molecule has 6 nitrogen and oxygen atoms in total. The Balaban J connectivity index is 1.53. The van der Waals surface area contributed by atoms with Crippen LogP contribution >= 0.6 is 11.3 Å². The minimum absolute atomic E-state index is 0.211.